The van der Waals surface area contributed by atoms with Gasteiger partial charge in [0.2, 0.25) is 0 Å². The maximum absolute atomic E-state index is 13.3. The third kappa shape index (κ3) is 1.77. The highest BCUT2D eigenvalue weighted by Crippen LogP contribution is 2.15. The number of halogens is 1. The molecule has 0 unspecified atom stereocenters. The van der Waals surface area contributed by atoms with Crippen molar-refractivity contribution in [2.45, 2.75) is 19.8 Å². The van der Waals surface area contributed by atoms with Gasteiger partial charge in [0.1, 0.15) is 22.5 Å². The van der Waals surface area contributed by atoms with Crippen molar-refractivity contribution in [2.24, 2.45) is 0 Å². The van der Waals surface area contributed by atoms with Crippen molar-refractivity contribution in [3.63, 3.8) is 0 Å². The van der Waals surface area contributed by atoms with Gasteiger partial charge in [-0.25, -0.2) is 4.39 Å². The molecule has 0 fully saturated rings. The Kier molecular flexibility index (Phi) is 2.54. The molecule has 15 heavy (non-hydrogen) atoms. The molecule has 1 aromatic heterocycles. The number of aryl methyl sites for hydroxylation is 1. The molecular weight excluding hydrogens is 195 g/mol. The lowest BCUT2D eigenvalue weighted by Gasteiger charge is -2.01. The van der Waals surface area contributed by atoms with Gasteiger partial charge in [-0.1, -0.05) is 13.0 Å². The minimum Gasteiger partial charge on any atom is -0.461 e. The first-order valence-corrected chi connectivity index (χ1v) is 4.93. The molecule has 0 saturated carbocycles. The van der Waals surface area contributed by atoms with E-state index in [2.05, 4.69) is 0 Å². The number of hydrogen-bond acceptors (Lipinski definition) is 2. The van der Waals surface area contributed by atoms with Gasteiger partial charge in [0.15, 0.2) is 5.43 Å². The van der Waals surface area contributed by atoms with E-state index in [9.17, 15) is 9.18 Å². The number of benzene rings is 1. The van der Waals surface area contributed by atoms with Gasteiger partial charge in [0.05, 0.1) is 0 Å². The summed E-state index contributed by atoms with van der Waals surface area (Å²) < 4.78 is 18.7. The SMILES string of the molecule is CCCc1cc(=O)c2c(F)cccc2o1. The van der Waals surface area contributed by atoms with Crippen LogP contribution in [-0.2, 0) is 6.42 Å². The fourth-order valence-corrected chi connectivity index (χ4v) is 1.59. The fraction of sp³-hybridized carbons (Fsp3) is 0.250. The van der Waals surface area contributed by atoms with E-state index in [1.54, 1.807) is 6.07 Å². The number of fused-ring (bicyclic) bond motifs is 1. The van der Waals surface area contributed by atoms with E-state index in [-0.39, 0.29) is 10.8 Å². The maximum atomic E-state index is 13.3. The van der Waals surface area contributed by atoms with Gasteiger partial charge in [-0.3, -0.25) is 4.79 Å². The molecule has 0 atom stereocenters. The second kappa shape index (κ2) is 3.85. The predicted molar refractivity (Wildman–Crippen MR) is 56.4 cm³/mol. The van der Waals surface area contributed by atoms with Crippen LogP contribution in [0.5, 0.6) is 0 Å². The lowest BCUT2D eigenvalue weighted by atomic mass is 10.2. The molecule has 1 heterocycles. The van der Waals surface area contributed by atoms with Crippen LogP contribution in [0.15, 0.2) is 33.5 Å². The van der Waals surface area contributed by atoms with Gasteiger partial charge < -0.3 is 4.42 Å². The molecule has 1 aromatic carbocycles. The monoisotopic (exact) mass is 206 g/mol. The molecule has 0 aliphatic heterocycles. The van der Waals surface area contributed by atoms with Crippen LogP contribution < -0.4 is 5.43 Å². The Morgan fingerprint density at radius 1 is 1.40 bits per heavy atom. The Hall–Kier alpha value is -1.64. The second-order valence-electron chi connectivity index (χ2n) is 3.44. The van der Waals surface area contributed by atoms with Crippen LogP contribution in [0.25, 0.3) is 11.0 Å². The Morgan fingerprint density at radius 3 is 2.93 bits per heavy atom. The molecule has 0 spiro atoms. The summed E-state index contributed by atoms with van der Waals surface area (Å²) in [6.45, 7) is 2.00. The quantitative estimate of drug-likeness (QED) is 0.756. The zero-order chi connectivity index (χ0) is 10.8. The molecule has 0 saturated heterocycles. The third-order valence-corrected chi connectivity index (χ3v) is 2.25. The highest BCUT2D eigenvalue weighted by molar-refractivity contribution is 5.76. The fourth-order valence-electron chi connectivity index (χ4n) is 1.59. The molecule has 2 aromatic rings. The van der Waals surface area contributed by atoms with Crippen molar-refractivity contribution in [1.82, 2.24) is 0 Å². The molecule has 0 amide bonds. The number of hydrogen-bond donors (Lipinski definition) is 0. The first kappa shape index (κ1) is 9.90. The van der Waals surface area contributed by atoms with Crippen LogP contribution in [-0.4, -0.2) is 0 Å². The Morgan fingerprint density at radius 2 is 2.20 bits per heavy atom. The van der Waals surface area contributed by atoms with Crippen LogP contribution in [0.2, 0.25) is 0 Å². The topological polar surface area (TPSA) is 30.2 Å². The summed E-state index contributed by atoms with van der Waals surface area (Å²) in [4.78, 5) is 11.6. The average Bonchev–Trinajstić information content (AvgIpc) is 2.17. The van der Waals surface area contributed by atoms with Crippen molar-refractivity contribution in [3.8, 4) is 0 Å². The molecule has 3 heteroatoms. The highest BCUT2D eigenvalue weighted by atomic mass is 19.1. The van der Waals surface area contributed by atoms with Crippen LogP contribution in [0, 0.1) is 5.82 Å². The minimum absolute atomic E-state index is 0.0392. The van der Waals surface area contributed by atoms with Crippen molar-refractivity contribution < 1.29 is 8.81 Å². The van der Waals surface area contributed by atoms with E-state index in [1.165, 1.54) is 18.2 Å². The molecule has 0 bridgehead atoms. The zero-order valence-corrected chi connectivity index (χ0v) is 8.42. The first-order valence-electron chi connectivity index (χ1n) is 4.93. The summed E-state index contributed by atoms with van der Waals surface area (Å²) in [6, 6.07) is 5.78. The largest absolute Gasteiger partial charge is 0.461 e. The lowest BCUT2D eigenvalue weighted by molar-refractivity contribution is 0.528. The van der Waals surface area contributed by atoms with Gasteiger partial charge in [-0.15, -0.1) is 0 Å². The van der Waals surface area contributed by atoms with E-state index in [0.717, 1.165) is 6.42 Å². The standard InChI is InChI=1S/C12H11FO2/c1-2-4-8-7-10(14)12-9(13)5-3-6-11(12)15-8/h3,5-7H,2,4H2,1H3. The summed E-state index contributed by atoms with van der Waals surface area (Å²) in [5.41, 5.74) is 0.0174. The maximum Gasteiger partial charge on any atom is 0.195 e. The summed E-state index contributed by atoms with van der Waals surface area (Å²) in [5.74, 6) is 0.0879. The van der Waals surface area contributed by atoms with Crippen molar-refractivity contribution in [1.29, 1.82) is 0 Å². The van der Waals surface area contributed by atoms with Gasteiger partial charge >= 0.3 is 0 Å². The van der Waals surface area contributed by atoms with E-state index in [1.807, 2.05) is 6.92 Å². The van der Waals surface area contributed by atoms with E-state index < -0.39 is 5.82 Å². The van der Waals surface area contributed by atoms with E-state index in [0.29, 0.717) is 17.8 Å². The summed E-state index contributed by atoms with van der Waals surface area (Å²) in [6.07, 6.45) is 1.59. The Balaban J connectivity index is 2.73. The van der Waals surface area contributed by atoms with Gasteiger partial charge in [0.25, 0.3) is 0 Å². The molecule has 0 N–H and O–H groups in total. The van der Waals surface area contributed by atoms with Crippen LogP contribution in [0.1, 0.15) is 19.1 Å². The smallest absolute Gasteiger partial charge is 0.195 e. The van der Waals surface area contributed by atoms with E-state index in [4.69, 9.17) is 4.42 Å². The normalized spacial score (nSPS) is 10.8. The second-order valence-corrected chi connectivity index (χ2v) is 3.44. The molecule has 2 rings (SSSR count). The lowest BCUT2D eigenvalue weighted by Crippen LogP contribution is -2.04. The van der Waals surface area contributed by atoms with Gasteiger partial charge in [-0.05, 0) is 18.6 Å². The molecule has 0 radical (unpaired) electrons. The summed E-state index contributed by atoms with van der Waals surface area (Å²) in [5, 5.41) is 0.0392. The van der Waals surface area contributed by atoms with Crippen LogP contribution in [0.4, 0.5) is 4.39 Å². The average molecular weight is 206 g/mol. The molecular formula is C12H11FO2. The Labute approximate surface area is 86.3 Å². The molecule has 0 aliphatic rings. The van der Waals surface area contributed by atoms with Crippen LogP contribution in [0.3, 0.4) is 0 Å². The summed E-state index contributed by atoms with van der Waals surface area (Å²) >= 11 is 0. The summed E-state index contributed by atoms with van der Waals surface area (Å²) in [7, 11) is 0. The van der Waals surface area contributed by atoms with Crippen molar-refractivity contribution in [3.05, 3.63) is 46.1 Å². The van der Waals surface area contributed by atoms with Crippen LogP contribution >= 0.6 is 0 Å². The molecule has 0 aliphatic carbocycles. The molecule has 78 valence electrons. The zero-order valence-electron chi connectivity index (χ0n) is 8.42. The highest BCUT2D eigenvalue weighted by Gasteiger charge is 2.08. The number of rotatable bonds is 2. The van der Waals surface area contributed by atoms with Gasteiger partial charge in [-0.2, -0.15) is 0 Å². The Bertz CT molecular complexity index is 543. The third-order valence-electron chi connectivity index (χ3n) is 2.25. The predicted octanol–water partition coefficient (Wildman–Crippen LogP) is 2.88. The van der Waals surface area contributed by atoms with Gasteiger partial charge in [0, 0.05) is 12.5 Å². The minimum atomic E-state index is -0.524. The van der Waals surface area contributed by atoms with Crippen molar-refractivity contribution >= 4 is 11.0 Å². The van der Waals surface area contributed by atoms with E-state index >= 15 is 0 Å². The van der Waals surface area contributed by atoms with Crippen molar-refractivity contribution in [2.75, 3.05) is 0 Å². The first-order chi connectivity index (χ1) is 7.22. The molecule has 2 nitrogen and oxygen atoms in total.